The summed E-state index contributed by atoms with van der Waals surface area (Å²) in [5.41, 5.74) is 4.87. The van der Waals surface area contributed by atoms with Crippen LogP contribution in [-0.4, -0.2) is 59.6 Å². The molecule has 0 aliphatic carbocycles. The number of aromatic nitrogens is 1. The van der Waals surface area contributed by atoms with Crippen LogP contribution in [0.4, 0.5) is 5.69 Å². The van der Waals surface area contributed by atoms with E-state index in [0.29, 0.717) is 29.2 Å². The summed E-state index contributed by atoms with van der Waals surface area (Å²) in [6, 6.07) is 16.0. The molecule has 1 fully saturated rings. The molecule has 0 spiro atoms. The molecule has 4 rings (SSSR count). The number of nitrogens with zero attached hydrogens (tertiary/aromatic N) is 5. The summed E-state index contributed by atoms with van der Waals surface area (Å²) in [5.74, 6) is -0.470. The highest BCUT2D eigenvalue weighted by atomic mass is 35.5. The highest BCUT2D eigenvalue weighted by Crippen LogP contribution is 2.28. The van der Waals surface area contributed by atoms with E-state index in [1.807, 2.05) is 35.2 Å². The highest BCUT2D eigenvalue weighted by Gasteiger charge is 2.24. The van der Waals surface area contributed by atoms with Gasteiger partial charge in [-0.3, -0.25) is 14.7 Å². The third kappa shape index (κ3) is 4.77. The lowest BCUT2D eigenvalue weighted by Crippen LogP contribution is -2.55. The number of nitriles is 1. The first-order valence-electron chi connectivity index (χ1n) is 10.1. The van der Waals surface area contributed by atoms with E-state index in [2.05, 4.69) is 20.4 Å². The Morgan fingerprint density at radius 1 is 1.22 bits per heavy atom. The number of halogens is 1. The maximum absolute atomic E-state index is 12.3. The number of amides is 1. The van der Waals surface area contributed by atoms with E-state index in [1.54, 1.807) is 24.4 Å². The summed E-state index contributed by atoms with van der Waals surface area (Å²) in [6.07, 6.45) is 2.56. The zero-order valence-electron chi connectivity index (χ0n) is 17.1. The Labute approximate surface area is 190 Å². The summed E-state index contributed by atoms with van der Waals surface area (Å²) >= 11 is 6.09. The molecule has 8 nitrogen and oxygen atoms in total. The molecule has 0 radical (unpaired) electrons. The molecular formula is C23H21ClN6O2. The van der Waals surface area contributed by atoms with E-state index >= 15 is 0 Å². The fraction of sp³-hybridized carbons (Fsp3) is 0.217. The SMILES string of the molecule is N#Cc1cccc(C(=O)N=CC(NO)N2CCN(c3ccnc4cc(Cl)ccc34)CC2)c1. The maximum atomic E-state index is 12.3. The molecule has 1 unspecified atom stereocenters. The van der Waals surface area contributed by atoms with E-state index in [0.717, 1.165) is 29.7 Å². The quantitative estimate of drug-likeness (QED) is 0.456. The van der Waals surface area contributed by atoms with Crippen LogP contribution in [0.3, 0.4) is 0 Å². The van der Waals surface area contributed by atoms with Gasteiger partial charge in [-0.1, -0.05) is 17.7 Å². The summed E-state index contributed by atoms with van der Waals surface area (Å²) in [6.45, 7) is 2.76. The normalized spacial score (nSPS) is 15.7. The predicted octanol–water partition coefficient (Wildman–Crippen LogP) is 3.10. The molecule has 1 amide bonds. The summed E-state index contributed by atoms with van der Waals surface area (Å²) < 4.78 is 0. The van der Waals surface area contributed by atoms with Gasteiger partial charge in [-0.25, -0.2) is 4.99 Å². The summed E-state index contributed by atoms with van der Waals surface area (Å²) in [5, 5.41) is 20.3. The molecule has 162 valence electrons. The zero-order chi connectivity index (χ0) is 22.5. The molecule has 9 heteroatoms. The van der Waals surface area contributed by atoms with Crippen molar-refractivity contribution >= 4 is 40.3 Å². The third-order valence-corrected chi connectivity index (χ3v) is 5.67. The Balaban J connectivity index is 1.42. The van der Waals surface area contributed by atoms with Gasteiger partial charge in [-0.05, 0) is 42.5 Å². The van der Waals surface area contributed by atoms with Crippen LogP contribution >= 0.6 is 11.6 Å². The Kier molecular flexibility index (Phi) is 6.73. The number of nitrogens with one attached hydrogen (secondary N) is 1. The van der Waals surface area contributed by atoms with Gasteiger partial charge in [0.1, 0.15) is 6.17 Å². The average Bonchev–Trinajstić information content (AvgIpc) is 2.84. The standard InChI is InChI=1S/C23H21ClN6O2/c24-18-4-5-19-20(13-18)26-7-6-21(19)29-8-10-30(11-9-29)22(28-32)15-27-23(31)17-3-1-2-16(12-17)14-25/h1-7,12-13,15,22,28,32H,8-11H2. The van der Waals surface area contributed by atoms with Crippen molar-refractivity contribution in [2.24, 2.45) is 4.99 Å². The minimum atomic E-state index is -0.603. The van der Waals surface area contributed by atoms with Crippen LogP contribution in [0, 0.1) is 11.3 Å². The number of rotatable bonds is 5. The van der Waals surface area contributed by atoms with Gasteiger partial charge in [0.05, 0.1) is 17.1 Å². The van der Waals surface area contributed by atoms with E-state index < -0.39 is 12.1 Å². The number of pyridine rings is 1. The minimum absolute atomic E-state index is 0.325. The first-order chi connectivity index (χ1) is 15.6. The summed E-state index contributed by atoms with van der Waals surface area (Å²) in [7, 11) is 0. The van der Waals surface area contributed by atoms with Crippen molar-refractivity contribution in [2.75, 3.05) is 31.1 Å². The van der Waals surface area contributed by atoms with E-state index in [-0.39, 0.29) is 0 Å². The van der Waals surface area contributed by atoms with Crippen molar-refractivity contribution in [3.05, 3.63) is 70.9 Å². The maximum Gasteiger partial charge on any atom is 0.276 e. The monoisotopic (exact) mass is 448 g/mol. The molecule has 2 aromatic carbocycles. The number of anilines is 1. The Hall–Kier alpha value is -3.35. The largest absolute Gasteiger partial charge is 0.368 e. The van der Waals surface area contributed by atoms with Gasteiger partial charge in [0.25, 0.3) is 5.91 Å². The number of benzene rings is 2. The van der Waals surface area contributed by atoms with Crippen LogP contribution in [0.15, 0.2) is 59.7 Å². The first kappa shape index (κ1) is 21.9. The zero-order valence-corrected chi connectivity index (χ0v) is 17.9. The first-order valence-corrected chi connectivity index (χ1v) is 10.5. The number of carbonyl (C=O) groups excluding carboxylic acids is 1. The smallest absolute Gasteiger partial charge is 0.276 e. The molecule has 1 aliphatic heterocycles. The van der Waals surface area contributed by atoms with Crippen molar-refractivity contribution in [3.8, 4) is 6.07 Å². The van der Waals surface area contributed by atoms with Crippen LogP contribution in [0.25, 0.3) is 10.9 Å². The van der Waals surface area contributed by atoms with E-state index in [1.165, 1.54) is 12.3 Å². The van der Waals surface area contributed by atoms with Crippen LogP contribution in [-0.2, 0) is 0 Å². The Morgan fingerprint density at radius 2 is 2.03 bits per heavy atom. The van der Waals surface area contributed by atoms with Gasteiger partial charge in [0.2, 0.25) is 0 Å². The van der Waals surface area contributed by atoms with Crippen molar-refractivity contribution in [1.82, 2.24) is 15.4 Å². The van der Waals surface area contributed by atoms with Crippen LogP contribution in [0.5, 0.6) is 0 Å². The number of piperazine rings is 1. The molecule has 1 atom stereocenters. The van der Waals surface area contributed by atoms with Gasteiger partial charge >= 0.3 is 0 Å². The molecule has 2 heterocycles. The molecule has 1 aromatic heterocycles. The van der Waals surface area contributed by atoms with Gasteiger partial charge in [0, 0.05) is 60.3 Å². The number of hydrogen-bond donors (Lipinski definition) is 2. The lowest BCUT2D eigenvalue weighted by Gasteiger charge is -2.38. The number of hydroxylamine groups is 1. The molecule has 2 N–H and O–H groups in total. The fourth-order valence-corrected chi connectivity index (χ4v) is 3.93. The van der Waals surface area contributed by atoms with E-state index in [4.69, 9.17) is 16.9 Å². The number of hydrogen-bond acceptors (Lipinski definition) is 7. The molecule has 32 heavy (non-hydrogen) atoms. The predicted molar refractivity (Wildman–Crippen MR) is 123 cm³/mol. The second-order valence-electron chi connectivity index (χ2n) is 7.36. The van der Waals surface area contributed by atoms with Crippen molar-refractivity contribution in [3.63, 3.8) is 0 Å². The fourth-order valence-electron chi connectivity index (χ4n) is 3.77. The van der Waals surface area contributed by atoms with Gasteiger partial charge < -0.3 is 10.1 Å². The Morgan fingerprint density at radius 3 is 2.78 bits per heavy atom. The van der Waals surface area contributed by atoms with Crippen molar-refractivity contribution < 1.29 is 10.0 Å². The molecule has 3 aromatic rings. The van der Waals surface area contributed by atoms with Gasteiger partial charge in [0.15, 0.2) is 0 Å². The second kappa shape index (κ2) is 9.85. The minimum Gasteiger partial charge on any atom is -0.368 e. The number of aliphatic imine (C=N–C) groups is 1. The van der Waals surface area contributed by atoms with Crippen molar-refractivity contribution in [1.29, 1.82) is 5.26 Å². The molecule has 1 saturated heterocycles. The van der Waals surface area contributed by atoms with Gasteiger partial charge in [-0.15, -0.1) is 0 Å². The molecule has 1 aliphatic rings. The lowest BCUT2D eigenvalue weighted by molar-refractivity contribution is 0.0663. The van der Waals surface area contributed by atoms with Crippen LogP contribution < -0.4 is 10.4 Å². The molecule has 0 bridgehead atoms. The van der Waals surface area contributed by atoms with Gasteiger partial charge in [-0.2, -0.15) is 10.7 Å². The van der Waals surface area contributed by atoms with E-state index in [9.17, 15) is 10.0 Å². The lowest BCUT2D eigenvalue weighted by atomic mass is 10.1. The summed E-state index contributed by atoms with van der Waals surface area (Å²) in [4.78, 5) is 25.0. The average molecular weight is 449 g/mol. The number of carbonyl (C=O) groups is 1. The van der Waals surface area contributed by atoms with Crippen LogP contribution in [0.1, 0.15) is 15.9 Å². The highest BCUT2D eigenvalue weighted by molar-refractivity contribution is 6.31. The van der Waals surface area contributed by atoms with Crippen molar-refractivity contribution in [2.45, 2.75) is 6.17 Å². The third-order valence-electron chi connectivity index (χ3n) is 5.43. The second-order valence-corrected chi connectivity index (χ2v) is 7.80. The topological polar surface area (TPSA) is 105 Å². The molecular weight excluding hydrogens is 428 g/mol. The molecule has 0 saturated carbocycles. The van der Waals surface area contributed by atoms with Crippen LogP contribution in [0.2, 0.25) is 5.02 Å². The number of fused-ring (bicyclic) bond motifs is 1. The Bertz CT molecular complexity index is 1200.